The Labute approximate surface area is 159 Å². The smallest absolute Gasteiger partial charge is 0.274 e. The van der Waals surface area contributed by atoms with Gasteiger partial charge in [-0.2, -0.15) is 0 Å². The van der Waals surface area contributed by atoms with Gasteiger partial charge in [0, 0.05) is 24.6 Å². The first kappa shape index (κ1) is 18.6. The predicted octanol–water partition coefficient (Wildman–Crippen LogP) is 4.64. The van der Waals surface area contributed by atoms with E-state index in [0.29, 0.717) is 12.2 Å². The largest absolute Gasteiger partial charge is 0.380 e. The van der Waals surface area contributed by atoms with Crippen LogP contribution in [0.3, 0.4) is 0 Å². The van der Waals surface area contributed by atoms with E-state index in [1.54, 1.807) is 24.7 Å². The average Bonchev–Trinajstić information content (AvgIpc) is 2.67. The van der Waals surface area contributed by atoms with E-state index in [1.807, 2.05) is 42.5 Å². The average molecular weight is 360 g/mol. The maximum Gasteiger partial charge on any atom is 0.274 e. The Kier molecular flexibility index (Phi) is 5.50. The van der Waals surface area contributed by atoms with Gasteiger partial charge in [0.25, 0.3) is 5.91 Å². The summed E-state index contributed by atoms with van der Waals surface area (Å²) in [5.74, 6) is -0.215. The Morgan fingerprint density at radius 3 is 2.41 bits per heavy atom. The molecule has 3 aromatic rings. The van der Waals surface area contributed by atoms with Gasteiger partial charge in [0.05, 0.1) is 11.9 Å². The van der Waals surface area contributed by atoms with Gasteiger partial charge in [-0.1, -0.05) is 39.0 Å². The Balaban J connectivity index is 1.66. The van der Waals surface area contributed by atoms with Crippen molar-refractivity contribution >= 4 is 17.3 Å². The molecule has 0 aliphatic rings. The number of nitrogens with one attached hydrogen (secondary N) is 2. The number of anilines is 2. The molecule has 27 heavy (non-hydrogen) atoms. The second kappa shape index (κ2) is 7.99. The molecule has 138 valence electrons. The highest BCUT2D eigenvalue weighted by Crippen LogP contribution is 2.29. The number of carbonyl (C=O) groups is 1. The van der Waals surface area contributed by atoms with E-state index in [1.165, 1.54) is 0 Å². The molecule has 0 unspecified atom stereocenters. The molecule has 2 N–H and O–H groups in total. The van der Waals surface area contributed by atoms with Gasteiger partial charge in [-0.25, -0.2) is 4.98 Å². The maximum absolute atomic E-state index is 12.6. The summed E-state index contributed by atoms with van der Waals surface area (Å²) in [6.07, 6.45) is 5.20. The Morgan fingerprint density at radius 2 is 1.74 bits per heavy atom. The Bertz CT molecular complexity index is 900. The Morgan fingerprint density at radius 1 is 1.00 bits per heavy atom. The fourth-order valence-corrected chi connectivity index (χ4v) is 2.77. The number of nitrogens with zero attached hydrogens (tertiary/aromatic N) is 2. The first-order valence-corrected chi connectivity index (χ1v) is 8.93. The fourth-order valence-electron chi connectivity index (χ4n) is 2.77. The van der Waals surface area contributed by atoms with Crippen molar-refractivity contribution in [2.45, 2.75) is 32.7 Å². The van der Waals surface area contributed by atoms with Crippen LogP contribution in [0.25, 0.3) is 0 Å². The van der Waals surface area contributed by atoms with Gasteiger partial charge in [0.1, 0.15) is 5.69 Å². The van der Waals surface area contributed by atoms with Crippen LogP contribution in [-0.2, 0) is 12.0 Å². The van der Waals surface area contributed by atoms with Gasteiger partial charge in [-0.05, 0) is 46.9 Å². The molecule has 0 spiro atoms. The van der Waals surface area contributed by atoms with Crippen LogP contribution in [0.5, 0.6) is 0 Å². The number of rotatable bonds is 5. The minimum absolute atomic E-state index is 0.0575. The summed E-state index contributed by atoms with van der Waals surface area (Å²) >= 11 is 0. The zero-order valence-electron chi connectivity index (χ0n) is 15.9. The monoisotopic (exact) mass is 360 g/mol. The highest BCUT2D eigenvalue weighted by Gasteiger charge is 2.19. The van der Waals surface area contributed by atoms with E-state index < -0.39 is 0 Å². The topological polar surface area (TPSA) is 66.9 Å². The summed E-state index contributed by atoms with van der Waals surface area (Å²) in [6.45, 7) is 7.05. The molecule has 0 aliphatic heterocycles. The van der Waals surface area contributed by atoms with Crippen LogP contribution in [0.4, 0.5) is 11.4 Å². The third kappa shape index (κ3) is 4.91. The van der Waals surface area contributed by atoms with Crippen LogP contribution in [0.1, 0.15) is 42.4 Å². The third-order valence-corrected chi connectivity index (χ3v) is 4.23. The number of hydrogen-bond donors (Lipinski definition) is 2. The van der Waals surface area contributed by atoms with Crippen molar-refractivity contribution in [1.29, 1.82) is 0 Å². The maximum atomic E-state index is 12.6. The molecule has 0 atom stereocenters. The summed E-state index contributed by atoms with van der Waals surface area (Å²) in [7, 11) is 0. The van der Waals surface area contributed by atoms with Crippen molar-refractivity contribution in [3.63, 3.8) is 0 Å². The van der Waals surface area contributed by atoms with E-state index in [9.17, 15) is 4.79 Å². The fraction of sp³-hybridized carbons (Fsp3) is 0.227. The van der Waals surface area contributed by atoms with Crippen LogP contribution in [0.15, 0.2) is 67.1 Å². The second-order valence-corrected chi connectivity index (χ2v) is 7.39. The molecule has 0 radical (unpaired) electrons. The molecular weight excluding hydrogens is 336 g/mol. The Hall–Kier alpha value is -3.21. The highest BCUT2D eigenvalue weighted by atomic mass is 16.1. The molecule has 1 aromatic carbocycles. The summed E-state index contributed by atoms with van der Waals surface area (Å²) in [5, 5.41) is 6.27. The van der Waals surface area contributed by atoms with Crippen molar-refractivity contribution in [1.82, 2.24) is 9.97 Å². The SMILES string of the molecule is CC(C)(C)c1ccccc1NC(=O)c1ccc(NCc2ccncc2)cn1. The van der Waals surface area contributed by atoms with Gasteiger partial charge in [-0.15, -0.1) is 0 Å². The molecule has 5 nitrogen and oxygen atoms in total. The lowest BCUT2D eigenvalue weighted by molar-refractivity contribution is 0.102. The molecular formula is C22H24N4O. The molecule has 0 fully saturated rings. The zero-order valence-corrected chi connectivity index (χ0v) is 15.9. The first-order chi connectivity index (χ1) is 12.9. The highest BCUT2D eigenvalue weighted by molar-refractivity contribution is 6.03. The van der Waals surface area contributed by atoms with Gasteiger partial charge >= 0.3 is 0 Å². The van der Waals surface area contributed by atoms with Crippen molar-refractivity contribution in [3.05, 3.63) is 83.9 Å². The first-order valence-electron chi connectivity index (χ1n) is 8.93. The number of benzene rings is 1. The summed E-state index contributed by atoms with van der Waals surface area (Å²) < 4.78 is 0. The van der Waals surface area contributed by atoms with E-state index >= 15 is 0 Å². The summed E-state index contributed by atoms with van der Waals surface area (Å²) in [6, 6.07) is 15.4. The van der Waals surface area contributed by atoms with Crippen LogP contribution >= 0.6 is 0 Å². The van der Waals surface area contributed by atoms with Gasteiger partial charge in [0.15, 0.2) is 0 Å². The predicted molar refractivity (Wildman–Crippen MR) is 109 cm³/mol. The van der Waals surface area contributed by atoms with Crippen LogP contribution in [0.2, 0.25) is 0 Å². The van der Waals surface area contributed by atoms with Crippen LogP contribution in [-0.4, -0.2) is 15.9 Å². The molecule has 2 heterocycles. The summed E-state index contributed by atoms with van der Waals surface area (Å²) in [4.78, 5) is 20.9. The number of pyridine rings is 2. The second-order valence-electron chi connectivity index (χ2n) is 7.39. The van der Waals surface area contributed by atoms with E-state index in [2.05, 4.69) is 41.4 Å². The van der Waals surface area contributed by atoms with Crippen molar-refractivity contribution in [2.24, 2.45) is 0 Å². The van der Waals surface area contributed by atoms with Crippen molar-refractivity contribution in [2.75, 3.05) is 10.6 Å². The van der Waals surface area contributed by atoms with Gasteiger partial charge < -0.3 is 10.6 Å². The molecule has 0 saturated carbocycles. The quantitative estimate of drug-likeness (QED) is 0.696. The lowest BCUT2D eigenvalue weighted by Crippen LogP contribution is -2.19. The van der Waals surface area contributed by atoms with Gasteiger partial charge in [0.2, 0.25) is 0 Å². The number of aromatic nitrogens is 2. The minimum Gasteiger partial charge on any atom is -0.380 e. The summed E-state index contributed by atoms with van der Waals surface area (Å²) in [5.41, 5.74) is 4.22. The molecule has 0 aliphatic carbocycles. The molecule has 3 rings (SSSR count). The molecule has 2 aromatic heterocycles. The van der Waals surface area contributed by atoms with Crippen LogP contribution < -0.4 is 10.6 Å². The third-order valence-electron chi connectivity index (χ3n) is 4.23. The number of amides is 1. The lowest BCUT2D eigenvalue weighted by Gasteiger charge is -2.22. The molecule has 1 amide bonds. The molecule has 0 saturated heterocycles. The van der Waals surface area contributed by atoms with Gasteiger partial charge in [-0.3, -0.25) is 9.78 Å². The van der Waals surface area contributed by atoms with Crippen molar-refractivity contribution < 1.29 is 4.79 Å². The standard InChI is InChI=1S/C22H24N4O/c1-22(2,3)18-6-4-5-7-19(18)26-21(27)20-9-8-17(15-25-20)24-14-16-10-12-23-13-11-16/h4-13,15,24H,14H2,1-3H3,(H,26,27). The van der Waals surface area contributed by atoms with E-state index in [0.717, 1.165) is 22.5 Å². The van der Waals surface area contributed by atoms with Crippen LogP contribution in [0, 0.1) is 0 Å². The normalized spacial score (nSPS) is 11.1. The number of para-hydroxylation sites is 1. The zero-order chi connectivity index (χ0) is 19.3. The van der Waals surface area contributed by atoms with Crippen molar-refractivity contribution in [3.8, 4) is 0 Å². The number of hydrogen-bond acceptors (Lipinski definition) is 4. The molecule has 5 heteroatoms. The lowest BCUT2D eigenvalue weighted by atomic mass is 9.86. The number of carbonyl (C=O) groups excluding carboxylic acids is 1. The van der Waals surface area contributed by atoms with E-state index in [-0.39, 0.29) is 11.3 Å². The minimum atomic E-state index is -0.215. The molecule has 0 bridgehead atoms. The van der Waals surface area contributed by atoms with E-state index in [4.69, 9.17) is 0 Å².